The first kappa shape index (κ1) is 21.1. The Kier molecular flexibility index (Phi) is 7.86. The van der Waals surface area contributed by atoms with Crippen molar-refractivity contribution in [1.82, 2.24) is 15.6 Å². The summed E-state index contributed by atoms with van der Waals surface area (Å²) in [6.07, 6.45) is 6.55. The average molecular weight is 417 g/mol. The summed E-state index contributed by atoms with van der Waals surface area (Å²) in [5, 5.41) is 11.2. The van der Waals surface area contributed by atoms with Crippen molar-refractivity contribution in [3.8, 4) is 5.75 Å². The van der Waals surface area contributed by atoms with Crippen molar-refractivity contribution in [3.05, 3.63) is 40.9 Å². The highest BCUT2D eigenvalue weighted by atomic mass is 32.1. The molecular weight excluding hydrogens is 388 g/mol. The highest BCUT2D eigenvalue weighted by molar-refractivity contribution is 7.13. The number of aromatic nitrogens is 1. The predicted molar refractivity (Wildman–Crippen MR) is 114 cm³/mol. The molecule has 2 aromatic rings. The number of aryl methyl sites for hydroxylation is 1. The van der Waals surface area contributed by atoms with Gasteiger partial charge in [-0.3, -0.25) is 10.1 Å². The van der Waals surface area contributed by atoms with Gasteiger partial charge in [-0.25, -0.2) is 9.78 Å². The Morgan fingerprint density at radius 2 is 2.00 bits per heavy atom. The summed E-state index contributed by atoms with van der Waals surface area (Å²) < 4.78 is 5.29. The Morgan fingerprint density at radius 3 is 2.79 bits per heavy atom. The normalized spacial score (nSPS) is 14.2. The SMILES string of the molecule is COc1ccccc1CNC(=O)CCc1csc(NC(=O)NC2CCCCC2)n1. The number of benzene rings is 1. The van der Waals surface area contributed by atoms with E-state index in [0.29, 0.717) is 24.5 Å². The van der Waals surface area contributed by atoms with Crippen molar-refractivity contribution in [2.24, 2.45) is 0 Å². The molecule has 3 amide bonds. The van der Waals surface area contributed by atoms with Crippen molar-refractivity contribution in [2.45, 2.75) is 57.5 Å². The van der Waals surface area contributed by atoms with Crippen LogP contribution in [0.5, 0.6) is 5.75 Å². The molecule has 8 heteroatoms. The van der Waals surface area contributed by atoms with Crippen LogP contribution in [0.4, 0.5) is 9.93 Å². The summed E-state index contributed by atoms with van der Waals surface area (Å²) >= 11 is 1.38. The van der Waals surface area contributed by atoms with E-state index in [4.69, 9.17) is 4.74 Å². The van der Waals surface area contributed by atoms with Gasteiger partial charge in [0.2, 0.25) is 5.91 Å². The molecule has 1 aliphatic rings. The summed E-state index contributed by atoms with van der Waals surface area (Å²) in [4.78, 5) is 28.6. The van der Waals surface area contributed by atoms with Crippen LogP contribution in [0, 0.1) is 0 Å². The van der Waals surface area contributed by atoms with Gasteiger partial charge in [-0.1, -0.05) is 37.5 Å². The van der Waals surface area contributed by atoms with Gasteiger partial charge < -0.3 is 15.4 Å². The Morgan fingerprint density at radius 1 is 1.21 bits per heavy atom. The van der Waals surface area contributed by atoms with Crippen molar-refractivity contribution >= 4 is 28.4 Å². The van der Waals surface area contributed by atoms with E-state index >= 15 is 0 Å². The van der Waals surface area contributed by atoms with Gasteiger partial charge in [0.25, 0.3) is 0 Å². The number of nitrogens with one attached hydrogen (secondary N) is 3. The molecule has 0 atom stereocenters. The van der Waals surface area contributed by atoms with Crippen molar-refractivity contribution < 1.29 is 14.3 Å². The van der Waals surface area contributed by atoms with E-state index in [1.807, 2.05) is 29.6 Å². The molecule has 0 radical (unpaired) electrons. The van der Waals surface area contributed by atoms with E-state index in [2.05, 4.69) is 20.9 Å². The van der Waals surface area contributed by atoms with Gasteiger partial charge in [-0.05, 0) is 25.3 Å². The van der Waals surface area contributed by atoms with Gasteiger partial charge in [0, 0.05) is 30.0 Å². The number of hydrogen-bond donors (Lipinski definition) is 3. The number of carbonyl (C=O) groups is 2. The fourth-order valence-electron chi connectivity index (χ4n) is 3.42. The van der Waals surface area contributed by atoms with Crippen LogP contribution in [0.2, 0.25) is 0 Å². The van der Waals surface area contributed by atoms with Gasteiger partial charge in [-0.15, -0.1) is 11.3 Å². The topological polar surface area (TPSA) is 92.4 Å². The molecule has 3 rings (SSSR count). The molecule has 1 aliphatic carbocycles. The van der Waals surface area contributed by atoms with E-state index in [1.165, 1.54) is 30.6 Å². The summed E-state index contributed by atoms with van der Waals surface area (Å²) in [6.45, 7) is 0.425. The molecule has 1 aromatic carbocycles. The van der Waals surface area contributed by atoms with Crippen LogP contribution in [0.1, 0.15) is 49.8 Å². The Labute approximate surface area is 175 Å². The molecule has 0 aliphatic heterocycles. The van der Waals surface area contributed by atoms with Gasteiger partial charge >= 0.3 is 6.03 Å². The third-order valence-electron chi connectivity index (χ3n) is 4.99. The van der Waals surface area contributed by atoms with Gasteiger partial charge in [0.05, 0.1) is 12.8 Å². The molecule has 7 nitrogen and oxygen atoms in total. The fourth-order valence-corrected chi connectivity index (χ4v) is 4.16. The van der Waals surface area contributed by atoms with Crippen LogP contribution in [0.15, 0.2) is 29.6 Å². The van der Waals surface area contributed by atoms with Crippen LogP contribution in [0.25, 0.3) is 0 Å². The number of para-hydroxylation sites is 1. The number of anilines is 1. The molecule has 0 unspecified atom stereocenters. The number of hydrogen-bond acceptors (Lipinski definition) is 5. The lowest BCUT2D eigenvalue weighted by Crippen LogP contribution is -2.39. The van der Waals surface area contributed by atoms with E-state index < -0.39 is 0 Å². The number of amides is 3. The average Bonchev–Trinajstić information content (AvgIpc) is 3.18. The Bertz CT molecular complexity index is 818. The maximum atomic E-state index is 12.1. The zero-order chi connectivity index (χ0) is 20.5. The second kappa shape index (κ2) is 10.8. The highest BCUT2D eigenvalue weighted by Gasteiger charge is 2.16. The second-order valence-electron chi connectivity index (χ2n) is 7.17. The Balaban J connectivity index is 1.39. The van der Waals surface area contributed by atoms with Crippen molar-refractivity contribution in [3.63, 3.8) is 0 Å². The molecule has 0 saturated heterocycles. The second-order valence-corrected chi connectivity index (χ2v) is 8.02. The number of ether oxygens (including phenoxy) is 1. The lowest BCUT2D eigenvalue weighted by atomic mass is 9.96. The standard InChI is InChI=1S/C21H28N4O3S/c1-28-18-10-6-5-7-15(18)13-22-19(26)12-11-17-14-29-21(24-17)25-20(27)23-16-8-3-2-4-9-16/h5-7,10,14,16H,2-4,8-9,11-13H2,1H3,(H,22,26)(H2,23,24,25,27). The molecule has 156 valence electrons. The van der Waals surface area contributed by atoms with E-state index in [-0.39, 0.29) is 18.0 Å². The van der Waals surface area contributed by atoms with E-state index in [0.717, 1.165) is 29.8 Å². The van der Waals surface area contributed by atoms with Crippen LogP contribution >= 0.6 is 11.3 Å². The number of nitrogens with zero attached hydrogens (tertiary/aromatic N) is 1. The molecule has 0 spiro atoms. The van der Waals surface area contributed by atoms with Crippen LogP contribution in [-0.4, -0.2) is 30.1 Å². The monoisotopic (exact) mass is 416 g/mol. The van der Waals surface area contributed by atoms with Crippen LogP contribution in [-0.2, 0) is 17.8 Å². The number of thiazole rings is 1. The van der Waals surface area contributed by atoms with Crippen LogP contribution in [0.3, 0.4) is 0 Å². The summed E-state index contributed by atoms with van der Waals surface area (Å²) in [5.41, 5.74) is 1.74. The molecule has 1 saturated carbocycles. The highest BCUT2D eigenvalue weighted by Crippen LogP contribution is 2.19. The lowest BCUT2D eigenvalue weighted by Gasteiger charge is -2.22. The third-order valence-corrected chi connectivity index (χ3v) is 5.80. The number of urea groups is 1. The molecule has 1 heterocycles. The predicted octanol–water partition coefficient (Wildman–Crippen LogP) is 3.85. The van der Waals surface area contributed by atoms with Gasteiger partial charge in [0.15, 0.2) is 5.13 Å². The number of carbonyl (C=O) groups excluding carboxylic acids is 2. The van der Waals surface area contributed by atoms with E-state index in [1.54, 1.807) is 7.11 Å². The first-order chi connectivity index (χ1) is 14.1. The minimum absolute atomic E-state index is 0.0477. The molecule has 1 aromatic heterocycles. The fraction of sp³-hybridized carbons (Fsp3) is 0.476. The van der Waals surface area contributed by atoms with E-state index in [9.17, 15) is 9.59 Å². The zero-order valence-electron chi connectivity index (χ0n) is 16.7. The van der Waals surface area contributed by atoms with Gasteiger partial charge in [-0.2, -0.15) is 0 Å². The molecule has 3 N–H and O–H groups in total. The van der Waals surface area contributed by atoms with Crippen LogP contribution < -0.4 is 20.7 Å². The first-order valence-electron chi connectivity index (χ1n) is 10.0. The largest absolute Gasteiger partial charge is 0.496 e. The summed E-state index contributed by atoms with van der Waals surface area (Å²) in [5.74, 6) is 0.711. The first-order valence-corrected chi connectivity index (χ1v) is 10.9. The maximum Gasteiger partial charge on any atom is 0.321 e. The smallest absolute Gasteiger partial charge is 0.321 e. The number of rotatable bonds is 8. The zero-order valence-corrected chi connectivity index (χ0v) is 17.5. The van der Waals surface area contributed by atoms with Gasteiger partial charge in [0.1, 0.15) is 5.75 Å². The molecular formula is C21H28N4O3S. The minimum atomic E-state index is -0.202. The Hall–Kier alpha value is -2.61. The lowest BCUT2D eigenvalue weighted by molar-refractivity contribution is -0.121. The van der Waals surface area contributed by atoms with Crippen molar-refractivity contribution in [2.75, 3.05) is 12.4 Å². The summed E-state index contributed by atoms with van der Waals surface area (Å²) in [6, 6.07) is 7.67. The van der Waals surface area contributed by atoms with Crippen molar-refractivity contribution in [1.29, 1.82) is 0 Å². The molecule has 1 fully saturated rings. The summed E-state index contributed by atoms with van der Waals surface area (Å²) in [7, 11) is 1.62. The number of methoxy groups -OCH3 is 1. The maximum absolute atomic E-state index is 12.1. The molecule has 29 heavy (non-hydrogen) atoms. The third kappa shape index (κ3) is 6.74. The quantitative estimate of drug-likeness (QED) is 0.609. The molecule has 0 bridgehead atoms. The minimum Gasteiger partial charge on any atom is -0.496 e.